The van der Waals surface area contributed by atoms with Gasteiger partial charge in [0.1, 0.15) is 13.2 Å². The molecule has 0 aromatic heterocycles. The molecule has 0 saturated heterocycles. The number of amides is 1. The number of nitrogens with one attached hydrogen (secondary N) is 1. The zero-order valence-corrected chi connectivity index (χ0v) is 42.6. The zero-order valence-electron chi connectivity index (χ0n) is 41.7. The predicted octanol–water partition coefficient (Wildman–Crippen LogP) is 14.5. The maximum atomic E-state index is 12.7. The Kier molecular flexibility index (Phi) is 43.7. The summed E-state index contributed by atoms with van der Waals surface area (Å²) in [7, 11) is 1.25. The lowest BCUT2D eigenvalue weighted by molar-refractivity contribution is -0.870. The SMILES string of the molecule is CC/C=C\C/C=C\C/C=C\C/C=C\C/C=C\C/C=C\C/C=C\CCCCCCCCCCCCCCCCCCCC(=O)NC(COP(=O)([O-])OCC[N+](C)(C)C)C(O)/C=C/CCC. The normalized spacial score (nSPS) is 14.9. The van der Waals surface area contributed by atoms with E-state index in [9.17, 15) is 19.4 Å². The minimum absolute atomic E-state index is 0.00534. The van der Waals surface area contributed by atoms with Crippen LogP contribution in [0.1, 0.15) is 194 Å². The highest BCUT2D eigenvalue weighted by Gasteiger charge is 2.23. The van der Waals surface area contributed by atoms with Gasteiger partial charge in [0.15, 0.2) is 0 Å². The molecule has 3 unspecified atom stereocenters. The molecule has 0 fully saturated rings. The Morgan fingerprint density at radius 2 is 0.953 bits per heavy atom. The smallest absolute Gasteiger partial charge is 0.268 e. The number of phosphoric ester groups is 1. The molecule has 0 bridgehead atoms. The number of carbonyl (C=O) groups is 1. The Labute approximate surface area is 394 Å². The minimum Gasteiger partial charge on any atom is -0.756 e. The van der Waals surface area contributed by atoms with E-state index in [2.05, 4.69) is 97.3 Å². The van der Waals surface area contributed by atoms with Gasteiger partial charge in [-0.05, 0) is 70.6 Å². The van der Waals surface area contributed by atoms with Crippen LogP contribution in [0.25, 0.3) is 0 Å². The quantitative estimate of drug-likeness (QED) is 0.0273. The van der Waals surface area contributed by atoms with Gasteiger partial charge in [-0.15, -0.1) is 0 Å². The van der Waals surface area contributed by atoms with Gasteiger partial charge in [0.05, 0.1) is 39.9 Å². The van der Waals surface area contributed by atoms with Crippen molar-refractivity contribution in [1.82, 2.24) is 5.32 Å². The summed E-state index contributed by atoms with van der Waals surface area (Å²) >= 11 is 0. The molecule has 2 N–H and O–H groups in total. The molecule has 0 aliphatic rings. The van der Waals surface area contributed by atoms with Crippen LogP contribution in [0.5, 0.6) is 0 Å². The topological polar surface area (TPSA) is 108 Å². The lowest BCUT2D eigenvalue weighted by atomic mass is 10.0. The number of nitrogens with zero attached hydrogens (tertiary/aromatic N) is 1. The first-order chi connectivity index (χ1) is 31.0. The van der Waals surface area contributed by atoms with Crippen LogP contribution in [0.15, 0.2) is 97.2 Å². The van der Waals surface area contributed by atoms with E-state index in [0.29, 0.717) is 17.4 Å². The Morgan fingerprint density at radius 3 is 1.36 bits per heavy atom. The van der Waals surface area contributed by atoms with Crippen molar-refractivity contribution < 1.29 is 32.9 Å². The summed E-state index contributed by atoms with van der Waals surface area (Å²) in [5.74, 6) is -0.212. The van der Waals surface area contributed by atoms with Gasteiger partial charge in [0, 0.05) is 6.42 Å². The summed E-state index contributed by atoms with van der Waals surface area (Å²) in [6.45, 7) is 4.29. The van der Waals surface area contributed by atoms with Gasteiger partial charge in [0.2, 0.25) is 5.91 Å². The van der Waals surface area contributed by atoms with Crippen LogP contribution >= 0.6 is 7.82 Å². The molecule has 0 heterocycles. The molecule has 368 valence electrons. The molecule has 0 saturated carbocycles. The van der Waals surface area contributed by atoms with Crippen molar-refractivity contribution in [2.24, 2.45) is 0 Å². The van der Waals surface area contributed by atoms with Gasteiger partial charge in [0.25, 0.3) is 7.82 Å². The van der Waals surface area contributed by atoms with Crippen LogP contribution in [0.3, 0.4) is 0 Å². The third-order valence-electron chi connectivity index (χ3n) is 10.8. The fourth-order valence-corrected chi connectivity index (χ4v) is 7.51. The molecule has 0 radical (unpaired) electrons. The first-order valence-electron chi connectivity index (χ1n) is 25.6. The third kappa shape index (κ3) is 47.4. The van der Waals surface area contributed by atoms with Crippen LogP contribution in [0, 0.1) is 0 Å². The number of hydrogen-bond acceptors (Lipinski definition) is 6. The highest BCUT2D eigenvalue weighted by Crippen LogP contribution is 2.38. The number of rotatable bonds is 45. The van der Waals surface area contributed by atoms with Gasteiger partial charge in [-0.1, -0.05) is 214 Å². The average Bonchev–Trinajstić information content (AvgIpc) is 3.25. The summed E-state index contributed by atoms with van der Waals surface area (Å²) in [5, 5.41) is 13.4. The van der Waals surface area contributed by atoms with Crippen molar-refractivity contribution in [3.63, 3.8) is 0 Å². The molecular formula is C55H97N2O6P. The lowest BCUT2D eigenvalue weighted by Gasteiger charge is -2.29. The zero-order chi connectivity index (χ0) is 47.1. The van der Waals surface area contributed by atoms with Crippen LogP contribution < -0.4 is 10.2 Å². The van der Waals surface area contributed by atoms with E-state index in [1.54, 1.807) is 6.08 Å². The van der Waals surface area contributed by atoms with E-state index in [4.69, 9.17) is 9.05 Å². The number of allylic oxidation sites excluding steroid dienone is 15. The molecule has 9 heteroatoms. The molecule has 0 aromatic rings. The number of phosphoric acid groups is 1. The Hall–Kier alpha value is -2.58. The fraction of sp³-hybridized carbons (Fsp3) is 0.691. The number of aliphatic hydroxyl groups is 1. The summed E-state index contributed by atoms with van der Waals surface area (Å²) < 4.78 is 22.9. The van der Waals surface area contributed by atoms with Crippen molar-refractivity contribution in [3.8, 4) is 0 Å². The monoisotopic (exact) mass is 913 g/mol. The molecule has 0 aliphatic heterocycles. The van der Waals surface area contributed by atoms with E-state index < -0.39 is 20.0 Å². The Morgan fingerprint density at radius 1 is 0.562 bits per heavy atom. The summed E-state index contributed by atoms with van der Waals surface area (Å²) in [4.78, 5) is 25.0. The number of carbonyl (C=O) groups excluding carboxylic acids is 1. The van der Waals surface area contributed by atoms with E-state index in [-0.39, 0.29) is 19.1 Å². The minimum atomic E-state index is -4.57. The number of quaternary nitrogens is 1. The van der Waals surface area contributed by atoms with E-state index >= 15 is 0 Å². The van der Waals surface area contributed by atoms with Gasteiger partial charge < -0.3 is 28.8 Å². The maximum absolute atomic E-state index is 12.7. The van der Waals surface area contributed by atoms with Gasteiger partial charge in [-0.25, -0.2) is 0 Å². The molecule has 0 aromatic carbocycles. The van der Waals surface area contributed by atoms with Crippen LogP contribution in [-0.4, -0.2) is 68.5 Å². The van der Waals surface area contributed by atoms with Crippen LogP contribution in [0.2, 0.25) is 0 Å². The summed E-state index contributed by atoms with van der Waals surface area (Å²) in [5.41, 5.74) is 0. The Balaban J connectivity index is 3.73. The molecule has 1 amide bonds. The molecule has 0 aliphatic carbocycles. The summed E-state index contributed by atoms with van der Waals surface area (Å²) in [6, 6.07) is -0.885. The van der Waals surface area contributed by atoms with E-state index in [1.165, 1.54) is 96.3 Å². The van der Waals surface area contributed by atoms with Crippen molar-refractivity contribution in [2.75, 3.05) is 40.9 Å². The highest BCUT2D eigenvalue weighted by atomic mass is 31.2. The van der Waals surface area contributed by atoms with Gasteiger partial charge in [-0.2, -0.15) is 0 Å². The van der Waals surface area contributed by atoms with E-state index in [0.717, 1.165) is 77.0 Å². The third-order valence-corrected chi connectivity index (χ3v) is 11.7. The maximum Gasteiger partial charge on any atom is 0.268 e. The number of hydrogen-bond donors (Lipinski definition) is 2. The van der Waals surface area contributed by atoms with Crippen molar-refractivity contribution in [1.29, 1.82) is 0 Å². The van der Waals surface area contributed by atoms with Crippen molar-refractivity contribution in [3.05, 3.63) is 97.2 Å². The molecule has 3 atom stereocenters. The molecular weight excluding hydrogens is 816 g/mol. The molecule has 0 spiro atoms. The number of aliphatic hydroxyl groups excluding tert-OH is 1. The van der Waals surface area contributed by atoms with Gasteiger partial charge in [-0.3, -0.25) is 9.36 Å². The fourth-order valence-electron chi connectivity index (χ4n) is 6.79. The predicted molar refractivity (Wildman–Crippen MR) is 274 cm³/mol. The summed E-state index contributed by atoms with van der Waals surface area (Å²) in [6.07, 6.45) is 65.9. The second-order valence-corrected chi connectivity index (χ2v) is 19.6. The van der Waals surface area contributed by atoms with Gasteiger partial charge >= 0.3 is 0 Å². The molecule has 0 rings (SSSR count). The lowest BCUT2D eigenvalue weighted by Crippen LogP contribution is -2.45. The highest BCUT2D eigenvalue weighted by molar-refractivity contribution is 7.45. The number of likely N-dealkylation sites (N-methyl/N-ethyl adjacent to an activating group) is 1. The molecule has 64 heavy (non-hydrogen) atoms. The first-order valence-corrected chi connectivity index (χ1v) is 27.1. The first kappa shape index (κ1) is 61.4. The van der Waals surface area contributed by atoms with Crippen molar-refractivity contribution in [2.45, 2.75) is 206 Å². The average molecular weight is 913 g/mol. The Bertz CT molecular complexity index is 1360. The van der Waals surface area contributed by atoms with Crippen LogP contribution in [0.4, 0.5) is 0 Å². The van der Waals surface area contributed by atoms with E-state index in [1.807, 2.05) is 34.1 Å². The van der Waals surface area contributed by atoms with Crippen molar-refractivity contribution >= 4 is 13.7 Å². The van der Waals surface area contributed by atoms with Crippen LogP contribution in [-0.2, 0) is 18.4 Å². The molecule has 8 nitrogen and oxygen atoms in total. The second-order valence-electron chi connectivity index (χ2n) is 18.1. The second kappa shape index (κ2) is 45.6. The standard InChI is InChI=1S/C55H97N2O6P/c1-6-8-10-11-12-13-14-15-16-17-18-19-20-21-22-23-24-25-26-27-28-29-30-31-32-33-34-35-36-37-38-39-40-41-42-43-44-45-47-49-55(59)56-53(54(58)48-46-9-7-2)52-63-64(60,61)62-51-50-57(3,4)5/h8,10,12-13,15-16,18-19,21-22,24-25,27-28,46,48,53-54,58H,6-7,9,11,14,17,20,23,26,29-45,47,49-52H2,1-5H3,(H-,56,59,60,61)/b10-8-,13-12-,16-15-,19-18-,22-21-,25-24-,28-27-,48-46+. The number of unbranched alkanes of at least 4 members (excludes halogenated alkanes) is 18. The largest absolute Gasteiger partial charge is 0.756 e.